The van der Waals surface area contributed by atoms with Gasteiger partial charge in [-0.2, -0.15) is 0 Å². The highest BCUT2D eigenvalue weighted by molar-refractivity contribution is 7.80. The van der Waals surface area contributed by atoms with Crippen molar-refractivity contribution in [1.82, 2.24) is 0 Å². The number of hydrogen-bond donors (Lipinski definition) is 1. The lowest BCUT2D eigenvalue weighted by molar-refractivity contribution is -0.152. The zero-order valence-electron chi connectivity index (χ0n) is 12.8. The molecule has 0 unspecified atom stereocenters. The largest absolute Gasteiger partial charge is 0.490 e. The van der Waals surface area contributed by atoms with Crippen molar-refractivity contribution in [2.45, 2.75) is 20.8 Å². The van der Waals surface area contributed by atoms with E-state index in [0.29, 0.717) is 23.7 Å². The molecular formula is C15H21NO4S. The van der Waals surface area contributed by atoms with Gasteiger partial charge in [0.1, 0.15) is 11.6 Å². The summed E-state index contributed by atoms with van der Waals surface area (Å²) in [4.78, 5) is 11.9. The predicted octanol–water partition coefficient (Wildman–Crippen LogP) is 2.30. The fourth-order valence-corrected chi connectivity index (χ4v) is 1.77. The van der Waals surface area contributed by atoms with Gasteiger partial charge in [0.05, 0.1) is 19.1 Å². The number of hydrogen-bond acceptors (Lipinski definition) is 5. The molecule has 21 heavy (non-hydrogen) atoms. The van der Waals surface area contributed by atoms with Crippen LogP contribution in [0.3, 0.4) is 0 Å². The molecule has 0 amide bonds. The summed E-state index contributed by atoms with van der Waals surface area (Å²) >= 11 is 4.94. The Kier molecular flexibility index (Phi) is 5.96. The summed E-state index contributed by atoms with van der Waals surface area (Å²) in [5.41, 5.74) is 5.56. The lowest BCUT2D eigenvalue weighted by Gasteiger charge is -2.22. The average Bonchev–Trinajstić information content (AvgIpc) is 2.45. The number of methoxy groups -OCH3 is 1. The second kappa shape index (κ2) is 7.26. The molecular weight excluding hydrogens is 290 g/mol. The van der Waals surface area contributed by atoms with Gasteiger partial charge in [-0.05, 0) is 39.0 Å². The van der Waals surface area contributed by atoms with Crippen LogP contribution in [0.25, 0.3) is 0 Å². The molecule has 0 atom stereocenters. The van der Waals surface area contributed by atoms with E-state index in [4.69, 9.17) is 32.2 Å². The molecule has 2 N–H and O–H groups in total. The van der Waals surface area contributed by atoms with Crippen molar-refractivity contribution in [2.24, 2.45) is 11.1 Å². The number of benzene rings is 1. The summed E-state index contributed by atoms with van der Waals surface area (Å²) in [5, 5.41) is 0. The maximum absolute atomic E-state index is 11.6. The molecule has 1 aromatic carbocycles. The van der Waals surface area contributed by atoms with E-state index in [1.807, 2.05) is 6.92 Å². The van der Waals surface area contributed by atoms with Gasteiger partial charge in [0.2, 0.25) is 0 Å². The maximum Gasteiger partial charge on any atom is 0.314 e. The third-order valence-corrected chi connectivity index (χ3v) is 3.09. The minimum atomic E-state index is -0.750. The number of ether oxygens (including phenoxy) is 3. The number of esters is 1. The van der Waals surface area contributed by atoms with Gasteiger partial charge in [-0.1, -0.05) is 12.2 Å². The first-order valence-electron chi connectivity index (χ1n) is 6.59. The molecule has 0 heterocycles. The van der Waals surface area contributed by atoms with E-state index in [0.717, 1.165) is 0 Å². The Balaban J connectivity index is 2.92. The van der Waals surface area contributed by atoms with Gasteiger partial charge in [-0.3, -0.25) is 4.79 Å². The predicted molar refractivity (Wildman–Crippen MR) is 84.8 cm³/mol. The van der Waals surface area contributed by atoms with E-state index in [2.05, 4.69) is 0 Å². The molecule has 0 radical (unpaired) electrons. The SMILES string of the molecule is CCOc1cc(C(N)=S)ccc1OCC(C)(C)C(=O)OC. The first-order chi connectivity index (χ1) is 9.81. The highest BCUT2D eigenvalue weighted by Gasteiger charge is 2.30. The van der Waals surface area contributed by atoms with Crippen molar-refractivity contribution >= 4 is 23.2 Å². The van der Waals surface area contributed by atoms with Gasteiger partial charge in [-0.25, -0.2) is 0 Å². The summed E-state index contributed by atoms with van der Waals surface area (Å²) in [6.45, 7) is 6.03. The molecule has 1 rings (SSSR count). The van der Waals surface area contributed by atoms with Crippen LogP contribution in [-0.4, -0.2) is 31.3 Å². The molecule has 0 saturated heterocycles. The summed E-state index contributed by atoms with van der Waals surface area (Å²) < 4.78 is 16.0. The maximum atomic E-state index is 11.6. The zero-order chi connectivity index (χ0) is 16.0. The lowest BCUT2D eigenvalue weighted by atomic mass is 9.95. The smallest absolute Gasteiger partial charge is 0.314 e. The third kappa shape index (κ3) is 4.60. The molecule has 0 saturated carbocycles. The number of carbonyl (C=O) groups is 1. The normalized spacial score (nSPS) is 10.9. The van der Waals surface area contributed by atoms with Crippen LogP contribution in [0.4, 0.5) is 0 Å². The Bertz CT molecular complexity index is 528. The highest BCUT2D eigenvalue weighted by atomic mass is 32.1. The van der Waals surface area contributed by atoms with E-state index in [-0.39, 0.29) is 17.6 Å². The molecule has 5 nitrogen and oxygen atoms in total. The van der Waals surface area contributed by atoms with E-state index in [1.54, 1.807) is 32.0 Å². The fourth-order valence-electron chi connectivity index (χ4n) is 1.64. The fraction of sp³-hybridized carbons (Fsp3) is 0.467. The van der Waals surface area contributed by atoms with Crippen LogP contribution in [-0.2, 0) is 9.53 Å². The second-order valence-corrected chi connectivity index (χ2v) is 5.56. The molecule has 0 aromatic heterocycles. The van der Waals surface area contributed by atoms with E-state index >= 15 is 0 Å². The van der Waals surface area contributed by atoms with E-state index in [1.165, 1.54) is 7.11 Å². The summed E-state index contributed by atoms with van der Waals surface area (Å²) in [5.74, 6) is 0.748. The molecule has 116 valence electrons. The Morgan fingerprint density at radius 1 is 1.29 bits per heavy atom. The van der Waals surface area contributed by atoms with Crippen molar-refractivity contribution < 1.29 is 19.0 Å². The lowest BCUT2D eigenvalue weighted by Crippen LogP contribution is -2.32. The van der Waals surface area contributed by atoms with Gasteiger partial charge in [0.25, 0.3) is 0 Å². The van der Waals surface area contributed by atoms with E-state index in [9.17, 15) is 4.79 Å². The monoisotopic (exact) mass is 311 g/mol. The van der Waals surface area contributed by atoms with E-state index < -0.39 is 5.41 Å². The van der Waals surface area contributed by atoms with Gasteiger partial charge in [0.15, 0.2) is 11.5 Å². The van der Waals surface area contributed by atoms with Crippen LogP contribution in [0, 0.1) is 5.41 Å². The second-order valence-electron chi connectivity index (χ2n) is 5.12. The van der Waals surface area contributed by atoms with Gasteiger partial charge >= 0.3 is 5.97 Å². The average molecular weight is 311 g/mol. The molecule has 0 fully saturated rings. The first-order valence-corrected chi connectivity index (χ1v) is 7.00. The molecule has 0 aliphatic heterocycles. The van der Waals surface area contributed by atoms with Crippen LogP contribution in [0.1, 0.15) is 26.3 Å². The highest BCUT2D eigenvalue weighted by Crippen LogP contribution is 2.30. The van der Waals surface area contributed by atoms with Crippen LogP contribution < -0.4 is 15.2 Å². The standard InChI is InChI=1S/C15H21NO4S/c1-5-19-12-8-10(13(16)21)6-7-11(12)20-9-15(2,3)14(17)18-4/h6-8H,5,9H2,1-4H3,(H2,16,21). The molecule has 0 aliphatic carbocycles. The van der Waals surface area contributed by atoms with Gasteiger partial charge < -0.3 is 19.9 Å². The van der Waals surface area contributed by atoms with Crippen LogP contribution in [0.15, 0.2) is 18.2 Å². The number of carbonyl (C=O) groups excluding carboxylic acids is 1. The number of rotatable bonds is 7. The molecule has 0 aliphatic rings. The van der Waals surface area contributed by atoms with Gasteiger partial charge in [-0.15, -0.1) is 0 Å². The Hall–Kier alpha value is -1.82. The first kappa shape index (κ1) is 17.2. The summed E-state index contributed by atoms with van der Waals surface area (Å²) in [7, 11) is 1.35. The molecule has 1 aromatic rings. The number of nitrogens with two attached hydrogens (primary N) is 1. The molecule has 0 bridgehead atoms. The Morgan fingerprint density at radius 3 is 2.48 bits per heavy atom. The zero-order valence-corrected chi connectivity index (χ0v) is 13.6. The quantitative estimate of drug-likeness (QED) is 0.615. The van der Waals surface area contributed by atoms with Crippen molar-refractivity contribution in [3.8, 4) is 11.5 Å². The minimum absolute atomic E-state index is 0.173. The van der Waals surface area contributed by atoms with Crippen molar-refractivity contribution in [3.05, 3.63) is 23.8 Å². The Morgan fingerprint density at radius 2 is 1.95 bits per heavy atom. The van der Waals surface area contributed by atoms with Crippen molar-refractivity contribution in [2.75, 3.05) is 20.3 Å². The van der Waals surface area contributed by atoms with Gasteiger partial charge in [0, 0.05) is 5.56 Å². The summed E-state index contributed by atoms with van der Waals surface area (Å²) in [6, 6.07) is 5.21. The van der Waals surface area contributed by atoms with Crippen LogP contribution in [0.2, 0.25) is 0 Å². The molecule has 0 spiro atoms. The summed E-state index contributed by atoms with van der Waals surface area (Å²) in [6.07, 6.45) is 0. The third-order valence-electron chi connectivity index (χ3n) is 2.85. The topological polar surface area (TPSA) is 70.8 Å². The van der Waals surface area contributed by atoms with Crippen LogP contribution >= 0.6 is 12.2 Å². The number of thiocarbonyl (C=S) groups is 1. The van der Waals surface area contributed by atoms with Crippen LogP contribution in [0.5, 0.6) is 11.5 Å². The van der Waals surface area contributed by atoms with Crippen molar-refractivity contribution in [1.29, 1.82) is 0 Å². The Labute approximate surface area is 130 Å². The van der Waals surface area contributed by atoms with Crippen molar-refractivity contribution in [3.63, 3.8) is 0 Å². The minimum Gasteiger partial charge on any atom is -0.490 e. The molecule has 6 heteroatoms.